The van der Waals surface area contributed by atoms with Crippen molar-refractivity contribution in [1.29, 1.82) is 5.26 Å². The number of carbonyl (C=O) groups excluding carboxylic acids is 1. The van der Waals surface area contributed by atoms with Gasteiger partial charge in [0.25, 0.3) is 0 Å². The van der Waals surface area contributed by atoms with Gasteiger partial charge in [0.1, 0.15) is 17.4 Å². The van der Waals surface area contributed by atoms with E-state index in [0.717, 1.165) is 18.8 Å². The van der Waals surface area contributed by atoms with Crippen molar-refractivity contribution in [3.8, 4) is 11.8 Å². The van der Waals surface area contributed by atoms with Crippen LogP contribution in [0.1, 0.15) is 19.4 Å². The van der Waals surface area contributed by atoms with Gasteiger partial charge in [-0.3, -0.25) is 4.79 Å². The van der Waals surface area contributed by atoms with E-state index >= 15 is 0 Å². The summed E-state index contributed by atoms with van der Waals surface area (Å²) in [6.45, 7) is 9.13. The molecule has 0 saturated heterocycles. The van der Waals surface area contributed by atoms with E-state index in [-0.39, 0.29) is 23.5 Å². The molecule has 0 saturated carbocycles. The number of nitrogens with zero attached hydrogens (tertiary/aromatic N) is 5. The standard InChI is InChI=1S/C28H34N8O2/c1-7-26(37)31-24-16-21(36(6)15-14-35(4)5)12-13-22(24)33-28-30-18-20(17-29)27(34-28)32-23-10-8-9-11-25(23)38-19(2)3/h7-13,16,18-19H,1,14-15H2,2-6H3,(H,31,37)(H2,30,32,33,34). The van der Waals surface area contributed by atoms with Crippen LogP contribution in [0.15, 0.2) is 61.3 Å². The van der Waals surface area contributed by atoms with Crippen LogP contribution < -0.4 is 25.6 Å². The molecule has 0 aliphatic heterocycles. The second-order valence-electron chi connectivity index (χ2n) is 9.13. The molecule has 3 aromatic rings. The Morgan fingerprint density at radius 3 is 2.55 bits per heavy atom. The minimum atomic E-state index is -0.342. The smallest absolute Gasteiger partial charge is 0.247 e. The van der Waals surface area contributed by atoms with E-state index in [0.29, 0.717) is 28.6 Å². The van der Waals surface area contributed by atoms with Crippen molar-refractivity contribution in [2.24, 2.45) is 0 Å². The van der Waals surface area contributed by atoms with E-state index in [1.165, 1.54) is 12.3 Å². The summed E-state index contributed by atoms with van der Waals surface area (Å²) >= 11 is 0. The zero-order chi connectivity index (χ0) is 27.7. The first-order valence-electron chi connectivity index (χ1n) is 12.2. The highest BCUT2D eigenvalue weighted by Crippen LogP contribution is 2.32. The first-order valence-corrected chi connectivity index (χ1v) is 12.2. The molecular formula is C28H34N8O2. The number of amides is 1. The maximum atomic E-state index is 12.2. The molecule has 0 fully saturated rings. The molecule has 3 N–H and O–H groups in total. The number of hydrogen-bond donors (Lipinski definition) is 3. The summed E-state index contributed by atoms with van der Waals surface area (Å²) in [7, 11) is 6.04. The highest BCUT2D eigenvalue weighted by molar-refractivity contribution is 6.02. The van der Waals surface area contributed by atoms with E-state index in [4.69, 9.17) is 4.74 Å². The van der Waals surface area contributed by atoms with Crippen LogP contribution in [0.25, 0.3) is 0 Å². The largest absolute Gasteiger partial charge is 0.489 e. The van der Waals surface area contributed by atoms with Gasteiger partial charge in [0.15, 0.2) is 5.82 Å². The fourth-order valence-electron chi connectivity index (χ4n) is 3.44. The van der Waals surface area contributed by atoms with Gasteiger partial charge in [-0.2, -0.15) is 10.2 Å². The van der Waals surface area contributed by atoms with Crippen LogP contribution in [0.5, 0.6) is 5.75 Å². The topological polar surface area (TPSA) is 118 Å². The van der Waals surface area contributed by atoms with Crippen LogP contribution >= 0.6 is 0 Å². The molecule has 1 aromatic heterocycles. The molecule has 1 heterocycles. The Kier molecular flexibility index (Phi) is 9.62. The van der Waals surface area contributed by atoms with E-state index < -0.39 is 0 Å². The van der Waals surface area contributed by atoms with E-state index in [9.17, 15) is 10.1 Å². The number of carbonyl (C=O) groups is 1. The van der Waals surface area contributed by atoms with Gasteiger partial charge in [-0.1, -0.05) is 18.7 Å². The number of rotatable bonds is 12. The zero-order valence-corrected chi connectivity index (χ0v) is 22.4. The fourth-order valence-corrected chi connectivity index (χ4v) is 3.44. The average molecular weight is 515 g/mol. The molecule has 0 aliphatic rings. The molecule has 38 heavy (non-hydrogen) atoms. The van der Waals surface area contributed by atoms with Gasteiger partial charge in [0.2, 0.25) is 11.9 Å². The third kappa shape index (κ3) is 7.69. The molecule has 0 spiro atoms. The summed E-state index contributed by atoms with van der Waals surface area (Å²) in [6, 6.07) is 15.2. The molecule has 0 bridgehead atoms. The fraction of sp³-hybridized carbons (Fsp3) is 0.286. The van der Waals surface area contributed by atoms with Crippen molar-refractivity contribution in [3.05, 3.63) is 66.9 Å². The summed E-state index contributed by atoms with van der Waals surface area (Å²) < 4.78 is 5.88. The van der Waals surface area contributed by atoms with Crippen LogP contribution in [-0.2, 0) is 4.79 Å². The number of hydrogen-bond acceptors (Lipinski definition) is 9. The van der Waals surface area contributed by atoms with Crippen LogP contribution in [0.2, 0.25) is 0 Å². The van der Waals surface area contributed by atoms with Crippen molar-refractivity contribution < 1.29 is 9.53 Å². The third-order valence-corrected chi connectivity index (χ3v) is 5.43. The number of likely N-dealkylation sites (N-methyl/N-ethyl adjacent to an activating group) is 2. The summed E-state index contributed by atoms with van der Waals surface area (Å²) in [4.78, 5) is 25.2. The lowest BCUT2D eigenvalue weighted by Crippen LogP contribution is -2.28. The summed E-state index contributed by atoms with van der Waals surface area (Å²) in [5.74, 6) is 0.868. The molecule has 0 unspecified atom stereocenters. The van der Waals surface area contributed by atoms with E-state index in [2.05, 4.69) is 48.4 Å². The lowest BCUT2D eigenvalue weighted by Gasteiger charge is -2.23. The lowest BCUT2D eigenvalue weighted by molar-refractivity contribution is -0.111. The Balaban J connectivity index is 1.92. The molecule has 0 radical (unpaired) electrons. The van der Waals surface area contributed by atoms with Crippen molar-refractivity contribution in [2.75, 3.05) is 55.1 Å². The molecule has 0 aliphatic carbocycles. The van der Waals surface area contributed by atoms with Gasteiger partial charge in [-0.05, 0) is 64.4 Å². The third-order valence-electron chi connectivity index (χ3n) is 5.43. The molecule has 0 atom stereocenters. The van der Waals surface area contributed by atoms with Gasteiger partial charge in [0, 0.05) is 25.8 Å². The van der Waals surface area contributed by atoms with Gasteiger partial charge in [0.05, 0.1) is 29.4 Å². The second-order valence-corrected chi connectivity index (χ2v) is 9.13. The molecule has 10 nitrogen and oxygen atoms in total. The van der Waals surface area contributed by atoms with Crippen LogP contribution in [0.4, 0.5) is 34.5 Å². The predicted octanol–water partition coefficient (Wildman–Crippen LogP) is 4.74. The van der Waals surface area contributed by atoms with Crippen molar-refractivity contribution in [2.45, 2.75) is 20.0 Å². The van der Waals surface area contributed by atoms with E-state index in [1.807, 2.05) is 77.5 Å². The SMILES string of the molecule is C=CC(=O)Nc1cc(N(C)CCN(C)C)ccc1Nc1ncc(C#N)c(Nc2ccccc2OC(C)C)n1. The Morgan fingerprint density at radius 1 is 1.11 bits per heavy atom. The molecule has 198 valence electrons. The Hall–Kier alpha value is -4.62. The first kappa shape index (κ1) is 28.0. The van der Waals surface area contributed by atoms with Crippen molar-refractivity contribution >= 4 is 40.4 Å². The number of para-hydroxylation sites is 2. The van der Waals surface area contributed by atoms with Crippen LogP contribution in [0, 0.1) is 11.3 Å². The number of nitrogens with one attached hydrogen (secondary N) is 3. The number of nitriles is 1. The molecule has 3 rings (SSSR count). The predicted molar refractivity (Wildman–Crippen MR) is 153 cm³/mol. The molecule has 2 aromatic carbocycles. The van der Waals surface area contributed by atoms with Crippen LogP contribution in [-0.4, -0.2) is 61.1 Å². The second kappa shape index (κ2) is 13.1. The number of anilines is 6. The van der Waals surface area contributed by atoms with Gasteiger partial charge in [-0.15, -0.1) is 0 Å². The summed E-state index contributed by atoms with van der Waals surface area (Å²) in [5.41, 5.74) is 3.01. The highest BCUT2D eigenvalue weighted by Gasteiger charge is 2.14. The summed E-state index contributed by atoms with van der Waals surface area (Å²) in [5, 5.41) is 18.8. The van der Waals surface area contributed by atoms with Gasteiger partial charge < -0.3 is 30.5 Å². The van der Waals surface area contributed by atoms with Gasteiger partial charge in [-0.25, -0.2) is 4.98 Å². The lowest BCUT2D eigenvalue weighted by atomic mass is 10.2. The van der Waals surface area contributed by atoms with Gasteiger partial charge >= 0.3 is 0 Å². The zero-order valence-electron chi connectivity index (χ0n) is 22.4. The monoisotopic (exact) mass is 514 g/mol. The number of ether oxygens (including phenoxy) is 1. The average Bonchev–Trinajstić information content (AvgIpc) is 2.89. The Morgan fingerprint density at radius 2 is 1.87 bits per heavy atom. The van der Waals surface area contributed by atoms with Crippen molar-refractivity contribution in [1.82, 2.24) is 14.9 Å². The quantitative estimate of drug-likeness (QED) is 0.294. The Labute approximate surface area is 224 Å². The first-order chi connectivity index (χ1) is 18.2. The van der Waals surface area contributed by atoms with E-state index in [1.54, 1.807) is 0 Å². The normalized spacial score (nSPS) is 10.6. The summed E-state index contributed by atoms with van der Waals surface area (Å²) in [6.07, 6.45) is 2.63. The molecule has 1 amide bonds. The molecular weight excluding hydrogens is 480 g/mol. The Bertz CT molecular complexity index is 1320. The minimum Gasteiger partial charge on any atom is -0.489 e. The maximum Gasteiger partial charge on any atom is 0.247 e. The van der Waals surface area contributed by atoms with Crippen LogP contribution in [0.3, 0.4) is 0 Å². The highest BCUT2D eigenvalue weighted by atomic mass is 16.5. The maximum absolute atomic E-state index is 12.2. The number of aromatic nitrogens is 2. The minimum absolute atomic E-state index is 0.0230. The molecule has 10 heteroatoms. The number of benzene rings is 2. The van der Waals surface area contributed by atoms with Crippen molar-refractivity contribution in [3.63, 3.8) is 0 Å².